The van der Waals surface area contributed by atoms with Gasteiger partial charge < -0.3 is 9.84 Å². The molecule has 11 heteroatoms. The monoisotopic (exact) mass is 692 g/mol. The van der Waals surface area contributed by atoms with E-state index in [1.807, 2.05) is 33.8 Å². The molecule has 0 spiro atoms. The molecule has 2 atom stereocenters. The maximum atomic E-state index is 13.5. The number of carbonyl (C=O) groups excluding carboxylic acids is 2. The number of alkyl halides is 2. The zero-order valence-electron chi connectivity index (χ0n) is 25.3. The van der Waals surface area contributed by atoms with Crippen LogP contribution in [0.25, 0.3) is 0 Å². The van der Waals surface area contributed by atoms with Crippen molar-refractivity contribution in [3.63, 3.8) is 0 Å². The quantitative estimate of drug-likeness (QED) is 0.114. The summed E-state index contributed by atoms with van der Waals surface area (Å²) >= 11 is 13.0. The Balaban J connectivity index is 0.00000109. The molecular weight excluding hydrogens is 650 g/mol. The van der Waals surface area contributed by atoms with Gasteiger partial charge in [0, 0.05) is 5.56 Å². The van der Waals surface area contributed by atoms with Crippen molar-refractivity contribution in [1.82, 2.24) is 0 Å². The van der Waals surface area contributed by atoms with Gasteiger partial charge in [0.1, 0.15) is 18.4 Å². The van der Waals surface area contributed by atoms with E-state index >= 15 is 0 Å². The third-order valence-corrected chi connectivity index (χ3v) is 7.38. The van der Waals surface area contributed by atoms with E-state index in [4.69, 9.17) is 27.7 Å². The summed E-state index contributed by atoms with van der Waals surface area (Å²) < 4.78 is 23.3. The Bertz CT molecular complexity index is 1200. The summed E-state index contributed by atoms with van der Waals surface area (Å²) in [4.78, 5) is 26.6. The molecule has 0 fully saturated rings. The number of hydrogen-bond acceptors (Lipinski definition) is 5. The van der Waals surface area contributed by atoms with Gasteiger partial charge in [0.2, 0.25) is 0 Å². The maximum Gasteiger partial charge on any atom is 0.348 e. The fourth-order valence-electron chi connectivity index (χ4n) is 3.85. The topological polar surface area (TPSA) is 84.8 Å². The lowest BCUT2D eigenvalue weighted by Crippen LogP contribution is -2.50. The lowest BCUT2D eigenvalue weighted by atomic mass is 9.66. The van der Waals surface area contributed by atoms with Gasteiger partial charge in [0.05, 0.1) is 28.4 Å². The number of anilines is 1. The fourth-order valence-corrected chi connectivity index (χ4v) is 5.66. The van der Waals surface area contributed by atoms with Gasteiger partial charge in [-0.2, -0.15) is 4.76 Å². The number of amidine groups is 1. The summed E-state index contributed by atoms with van der Waals surface area (Å²) in [5.74, 6) is -1.67. The second-order valence-electron chi connectivity index (χ2n) is 9.57. The zero-order chi connectivity index (χ0) is 31.3. The predicted molar refractivity (Wildman–Crippen MR) is 180 cm³/mol. The highest BCUT2D eigenvalue weighted by Crippen LogP contribution is 2.52. The number of nitrogens with one attached hydrogen (secondary N) is 1. The summed E-state index contributed by atoms with van der Waals surface area (Å²) in [6.45, 7) is 19.5. The molecule has 1 aliphatic heterocycles. The Morgan fingerprint density at radius 1 is 1.00 bits per heavy atom. The van der Waals surface area contributed by atoms with E-state index in [0.29, 0.717) is 22.1 Å². The van der Waals surface area contributed by atoms with E-state index < -0.39 is 25.5 Å². The minimum Gasteiger partial charge on any atom is -0.342 e. The molecule has 224 valence electrons. The summed E-state index contributed by atoms with van der Waals surface area (Å²) in [5.41, 5.74) is 0.866. The van der Waals surface area contributed by atoms with Crippen LogP contribution in [0.4, 0.5) is 5.69 Å². The van der Waals surface area contributed by atoms with E-state index in [1.165, 1.54) is 0 Å². The van der Waals surface area contributed by atoms with Crippen LogP contribution < -0.4 is 10.6 Å². The van der Waals surface area contributed by atoms with Crippen molar-refractivity contribution in [1.29, 1.82) is 0 Å². The Kier molecular flexibility index (Phi) is 17.1. The van der Waals surface area contributed by atoms with Gasteiger partial charge in [-0.3, -0.25) is 14.2 Å². The highest BCUT2D eigenvalue weighted by Gasteiger charge is 2.50. The number of rotatable bonds is 3. The Labute approximate surface area is 259 Å². The molecule has 2 aliphatic rings. The van der Waals surface area contributed by atoms with Gasteiger partial charge in [-0.05, 0) is 38.5 Å². The molecule has 0 saturated carbocycles. The largest absolute Gasteiger partial charge is 0.348 e. The van der Waals surface area contributed by atoms with Crippen LogP contribution in [-0.2, 0) is 19.3 Å². The second kappa shape index (κ2) is 17.6. The van der Waals surface area contributed by atoms with Gasteiger partial charge >= 0.3 is 7.52 Å². The molecule has 1 heterocycles. The number of ketones is 2. The third-order valence-electron chi connectivity index (χ3n) is 5.29. The number of benzene rings is 2. The van der Waals surface area contributed by atoms with Crippen LogP contribution >= 0.6 is 46.0 Å². The van der Waals surface area contributed by atoms with Crippen LogP contribution in [0, 0.1) is 5.92 Å². The van der Waals surface area contributed by atoms with Gasteiger partial charge in [-0.1, -0.05) is 83.7 Å². The van der Waals surface area contributed by atoms with Crippen LogP contribution in [0.1, 0.15) is 64.4 Å². The molecule has 0 amide bonds. The first-order valence-electron chi connectivity index (χ1n) is 13.4. The molecule has 0 radical (unpaired) electrons. The molecule has 1 N–H and O–H groups in total. The van der Waals surface area contributed by atoms with Crippen molar-refractivity contribution in [2.45, 2.75) is 73.5 Å². The lowest BCUT2D eigenvalue weighted by molar-refractivity contribution is -0.124. The van der Waals surface area contributed by atoms with Gasteiger partial charge in [-0.15, -0.1) is 38.5 Å². The van der Waals surface area contributed by atoms with Crippen molar-refractivity contribution in [3.8, 4) is 0 Å². The van der Waals surface area contributed by atoms with Gasteiger partial charge in [0.15, 0.2) is 11.6 Å². The number of hydrogen-bond donors (Lipinski definition) is 1. The van der Waals surface area contributed by atoms with Crippen molar-refractivity contribution in [2.24, 2.45) is 10.7 Å². The predicted octanol–water partition coefficient (Wildman–Crippen LogP) is 9.41. The first kappa shape index (κ1) is 38.7. The fraction of sp³-hybridized carbons (Fsp3) is 0.483. The SMILES string of the molecule is CC.CC.CCOP1(=O)N=C(C2C(=O)c3ccccc3C(C)(C)C2=O)Nc2ccccc21.C[Si](C)(C)Br.ClCCl. The van der Waals surface area contributed by atoms with Crippen molar-refractivity contribution in [3.05, 3.63) is 59.7 Å². The van der Waals surface area contributed by atoms with Crippen LogP contribution in [0.15, 0.2) is 53.3 Å². The van der Waals surface area contributed by atoms with Gasteiger partial charge in [0.25, 0.3) is 0 Å². The van der Waals surface area contributed by atoms with Crippen LogP contribution in [0.2, 0.25) is 19.6 Å². The third kappa shape index (κ3) is 10.2. The molecular formula is C29H44BrCl2N2O4PSi. The molecule has 1 aliphatic carbocycles. The number of nitrogens with zero attached hydrogens (tertiary/aromatic N) is 1. The Morgan fingerprint density at radius 3 is 2.00 bits per heavy atom. The maximum absolute atomic E-state index is 13.5. The summed E-state index contributed by atoms with van der Waals surface area (Å²) in [7, 11) is -3.58. The number of fused-ring (bicyclic) bond motifs is 2. The molecule has 2 aromatic rings. The Hall–Kier alpha value is -1.28. The van der Waals surface area contributed by atoms with E-state index in [0.717, 1.165) is 0 Å². The molecule has 0 bridgehead atoms. The minimum atomic E-state index is -3.58. The lowest BCUT2D eigenvalue weighted by Gasteiger charge is -2.36. The van der Waals surface area contributed by atoms with Crippen molar-refractivity contribution >= 4 is 81.1 Å². The van der Waals surface area contributed by atoms with Crippen molar-refractivity contribution < 1.29 is 18.7 Å². The number of carbonyl (C=O) groups is 2. The standard InChI is InChI=1S/C21H21N2O4P.C3H9BrSi.2C2H6.CH2Cl2/c1-4-27-28(26)16-12-8-7-11-15(16)22-20(23-28)17-18(24)13-9-5-6-10-14(13)21(2,3)19(17)25;1-5(2,3)4;2*1-2;2-1-3/h5-12,17H,4H2,1-3H3,(H,22,23,26);1-3H3;2*1-2H3;1H2. The molecule has 0 saturated heterocycles. The average molecular weight is 695 g/mol. The van der Waals surface area contributed by atoms with Crippen molar-refractivity contribution in [2.75, 3.05) is 17.3 Å². The molecule has 4 rings (SSSR count). The summed E-state index contributed by atoms with van der Waals surface area (Å²) in [5, 5.41) is 3.70. The van der Waals surface area contributed by atoms with E-state index in [9.17, 15) is 14.2 Å². The van der Waals surface area contributed by atoms with E-state index in [1.54, 1.807) is 63.2 Å². The number of para-hydroxylation sites is 1. The number of Topliss-reactive ketones (excluding diaryl/α,β-unsaturated/α-hetero) is 2. The second-order valence-corrected chi connectivity index (χ2v) is 23.6. The first-order chi connectivity index (χ1) is 18.7. The van der Waals surface area contributed by atoms with Crippen LogP contribution in [-0.4, -0.2) is 36.0 Å². The summed E-state index contributed by atoms with van der Waals surface area (Å²) in [6, 6.07) is 14.1. The molecule has 40 heavy (non-hydrogen) atoms. The molecule has 6 nitrogen and oxygen atoms in total. The van der Waals surface area contributed by atoms with E-state index in [2.05, 4.69) is 45.0 Å². The Morgan fingerprint density at radius 2 is 1.48 bits per heavy atom. The highest BCUT2D eigenvalue weighted by molar-refractivity contribution is 9.26. The average Bonchev–Trinajstić information content (AvgIpc) is 2.90. The minimum absolute atomic E-state index is 0.0908. The van der Waals surface area contributed by atoms with Crippen LogP contribution in [0.5, 0.6) is 0 Å². The summed E-state index contributed by atoms with van der Waals surface area (Å²) in [6.07, 6.45) is 0. The zero-order valence-corrected chi connectivity index (χ0v) is 30.3. The highest BCUT2D eigenvalue weighted by atomic mass is 79.9. The normalized spacial score (nSPS) is 20.0. The smallest absolute Gasteiger partial charge is 0.342 e. The van der Waals surface area contributed by atoms with Gasteiger partial charge in [-0.25, -0.2) is 0 Å². The number of halogens is 3. The first-order valence-corrected chi connectivity index (χ1v) is 21.8. The molecule has 2 aromatic carbocycles. The molecule has 0 aromatic heterocycles. The van der Waals surface area contributed by atoms with Crippen LogP contribution in [0.3, 0.4) is 0 Å². The van der Waals surface area contributed by atoms with E-state index in [-0.39, 0.29) is 29.3 Å². The molecule has 2 unspecified atom stereocenters.